The molecule has 0 saturated carbocycles. The van der Waals surface area contributed by atoms with Gasteiger partial charge in [0.25, 0.3) is 0 Å². The maximum Gasteiger partial charge on any atom is 0.322 e. The number of nitrogens with two attached hydrogens (primary N) is 1. The van der Waals surface area contributed by atoms with Gasteiger partial charge in [0.2, 0.25) is 17.7 Å². The van der Waals surface area contributed by atoms with E-state index in [9.17, 15) is 19.2 Å². The third kappa shape index (κ3) is 7.84. The molecule has 0 saturated heterocycles. The Kier molecular flexibility index (Phi) is 9.27. The molecule has 0 aromatic rings. The van der Waals surface area contributed by atoms with Gasteiger partial charge in [0.05, 0.1) is 6.04 Å². The van der Waals surface area contributed by atoms with Gasteiger partial charge in [-0.1, -0.05) is 13.8 Å². The summed E-state index contributed by atoms with van der Waals surface area (Å²) in [6.07, 6.45) is 0. The highest BCUT2D eigenvalue weighted by Gasteiger charge is 2.27. The minimum Gasteiger partial charge on any atom is -0.480 e. The van der Waals surface area contributed by atoms with Crippen molar-refractivity contribution < 1.29 is 24.3 Å². The molecule has 23 heavy (non-hydrogen) atoms. The normalized spacial score (nSPS) is 14.5. The standard InChI is InChI=1S/C13H24N4O5S/c1-6(2)10(13(22)15-4-9(18)19)17-11(20)7(3)16-12(21)8(14)5-23/h6-8,10,23H,4-5,14H2,1-3H3,(H,15,22)(H,16,21)(H,17,20)(H,18,19). The van der Waals surface area contributed by atoms with Gasteiger partial charge in [-0.2, -0.15) is 12.6 Å². The third-order valence-electron chi connectivity index (χ3n) is 2.95. The molecule has 3 amide bonds. The summed E-state index contributed by atoms with van der Waals surface area (Å²) in [5, 5.41) is 15.7. The lowest BCUT2D eigenvalue weighted by atomic mass is 10.0. The fourth-order valence-electron chi connectivity index (χ4n) is 1.55. The molecule has 10 heteroatoms. The van der Waals surface area contributed by atoms with Gasteiger partial charge in [0, 0.05) is 5.75 Å². The summed E-state index contributed by atoms with van der Waals surface area (Å²) in [6, 6.07) is -2.66. The van der Waals surface area contributed by atoms with Crippen molar-refractivity contribution in [3.8, 4) is 0 Å². The molecule has 0 aromatic heterocycles. The van der Waals surface area contributed by atoms with E-state index < -0.39 is 48.4 Å². The molecule has 0 spiro atoms. The number of nitrogens with one attached hydrogen (secondary N) is 3. The Hall–Kier alpha value is -1.81. The molecule has 3 atom stereocenters. The average Bonchev–Trinajstić information content (AvgIpc) is 2.48. The second kappa shape index (κ2) is 10.1. The molecule has 0 bridgehead atoms. The van der Waals surface area contributed by atoms with Gasteiger partial charge in [0.15, 0.2) is 0 Å². The molecule has 0 aliphatic carbocycles. The molecule has 0 aliphatic rings. The van der Waals surface area contributed by atoms with Gasteiger partial charge < -0.3 is 26.8 Å². The van der Waals surface area contributed by atoms with Crippen LogP contribution < -0.4 is 21.7 Å². The van der Waals surface area contributed by atoms with Crippen molar-refractivity contribution in [3.05, 3.63) is 0 Å². The van der Waals surface area contributed by atoms with E-state index in [0.717, 1.165) is 0 Å². The minimum absolute atomic E-state index is 0.131. The Bertz CT molecular complexity index is 458. The van der Waals surface area contributed by atoms with Crippen molar-refractivity contribution in [2.45, 2.75) is 38.9 Å². The molecule has 0 fully saturated rings. The maximum absolute atomic E-state index is 12.1. The molecule has 0 radical (unpaired) electrons. The fourth-order valence-corrected chi connectivity index (χ4v) is 1.72. The number of carboxylic acid groups (broad SMARTS) is 1. The van der Waals surface area contributed by atoms with Crippen LogP contribution >= 0.6 is 12.6 Å². The number of carbonyl (C=O) groups is 4. The number of aliphatic carboxylic acids is 1. The van der Waals surface area contributed by atoms with Crippen molar-refractivity contribution in [1.82, 2.24) is 16.0 Å². The van der Waals surface area contributed by atoms with Crippen molar-refractivity contribution in [3.63, 3.8) is 0 Å². The molecule has 3 unspecified atom stereocenters. The predicted molar refractivity (Wildman–Crippen MR) is 86.8 cm³/mol. The van der Waals surface area contributed by atoms with Gasteiger partial charge in [-0.05, 0) is 12.8 Å². The van der Waals surface area contributed by atoms with E-state index in [0.29, 0.717) is 0 Å². The molecule has 0 aliphatic heterocycles. The van der Waals surface area contributed by atoms with E-state index in [2.05, 4.69) is 28.6 Å². The molecular formula is C13H24N4O5S. The zero-order valence-electron chi connectivity index (χ0n) is 13.3. The summed E-state index contributed by atoms with van der Waals surface area (Å²) in [6.45, 7) is 4.31. The van der Waals surface area contributed by atoms with E-state index in [-0.39, 0.29) is 11.7 Å². The average molecular weight is 348 g/mol. The summed E-state index contributed by atoms with van der Waals surface area (Å²) in [5.74, 6) is -3.04. The van der Waals surface area contributed by atoms with Crippen LogP contribution in [-0.4, -0.2) is 59.2 Å². The van der Waals surface area contributed by atoms with E-state index in [4.69, 9.17) is 10.8 Å². The second-order valence-electron chi connectivity index (χ2n) is 5.36. The first-order valence-corrected chi connectivity index (χ1v) is 7.70. The zero-order valence-corrected chi connectivity index (χ0v) is 14.2. The Labute approximate surface area is 140 Å². The van der Waals surface area contributed by atoms with Crippen LogP contribution in [0.2, 0.25) is 0 Å². The monoisotopic (exact) mass is 348 g/mol. The molecule has 0 rings (SSSR count). The van der Waals surface area contributed by atoms with Crippen LogP contribution in [0, 0.1) is 5.92 Å². The van der Waals surface area contributed by atoms with Crippen LogP contribution in [0.4, 0.5) is 0 Å². The van der Waals surface area contributed by atoms with Crippen molar-refractivity contribution >= 4 is 36.3 Å². The summed E-state index contributed by atoms with van der Waals surface area (Å²) in [5.41, 5.74) is 5.49. The van der Waals surface area contributed by atoms with Gasteiger partial charge in [0.1, 0.15) is 18.6 Å². The SMILES string of the molecule is CC(NC(=O)C(N)CS)C(=O)NC(C(=O)NCC(=O)O)C(C)C. The Balaban J connectivity index is 4.69. The van der Waals surface area contributed by atoms with E-state index >= 15 is 0 Å². The summed E-state index contributed by atoms with van der Waals surface area (Å²) < 4.78 is 0. The number of thiol groups is 1. The molecule has 6 N–H and O–H groups in total. The van der Waals surface area contributed by atoms with Crippen LogP contribution in [0.3, 0.4) is 0 Å². The predicted octanol–water partition coefficient (Wildman–Crippen LogP) is -1.91. The smallest absolute Gasteiger partial charge is 0.322 e. The fraction of sp³-hybridized carbons (Fsp3) is 0.692. The lowest BCUT2D eigenvalue weighted by molar-refractivity contribution is -0.138. The van der Waals surface area contributed by atoms with Crippen LogP contribution in [0.25, 0.3) is 0 Å². The lowest BCUT2D eigenvalue weighted by Gasteiger charge is -2.24. The van der Waals surface area contributed by atoms with Gasteiger partial charge >= 0.3 is 5.97 Å². The summed E-state index contributed by atoms with van der Waals surface area (Å²) in [7, 11) is 0. The van der Waals surface area contributed by atoms with Crippen LogP contribution in [0.5, 0.6) is 0 Å². The Morgan fingerprint density at radius 3 is 2.04 bits per heavy atom. The maximum atomic E-state index is 12.1. The van der Waals surface area contributed by atoms with Crippen LogP contribution in [0.15, 0.2) is 0 Å². The highest BCUT2D eigenvalue weighted by atomic mass is 32.1. The molecule has 0 aromatic carbocycles. The number of carbonyl (C=O) groups excluding carboxylic acids is 3. The van der Waals surface area contributed by atoms with Crippen LogP contribution in [0.1, 0.15) is 20.8 Å². The number of rotatable bonds is 9. The van der Waals surface area contributed by atoms with E-state index in [1.807, 2.05) is 0 Å². The van der Waals surface area contributed by atoms with E-state index in [1.165, 1.54) is 6.92 Å². The molecule has 9 nitrogen and oxygen atoms in total. The van der Waals surface area contributed by atoms with Gasteiger partial charge in [-0.25, -0.2) is 0 Å². The minimum atomic E-state index is -1.19. The molecule has 132 valence electrons. The quantitative estimate of drug-likeness (QED) is 0.268. The van der Waals surface area contributed by atoms with Gasteiger partial charge in [-0.15, -0.1) is 0 Å². The summed E-state index contributed by atoms with van der Waals surface area (Å²) >= 11 is 3.89. The molecule has 0 heterocycles. The first-order valence-electron chi connectivity index (χ1n) is 7.06. The largest absolute Gasteiger partial charge is 0.480 e. The van der Waals surface area contributed by atoms with Crippen molar-refractivity contribution in [1.29, 1.82) is 0 Å². The van der Waals surface area contributed by atoms with Crippen molar-refractivity contribution in [2.75, 3.05) is 12.3 Å². The number of carboxylic acids is 1. The third-order valence-corrected chi connectivity index (χ3v) is 3.34. The number of hydrogen-bond acceptors (Lipinski definition) is 6. The highest BCUT2D eigenvalue weighted by molar-refractivity contribution is 7.80. The van der Waals surface area contributed by atoms with Crippen molar-refractivity contribution in [2.24, 2.45) is 11.7 Å². The first kappa shape index (κ1) is 21.2. The Morgan fingerprint density at radius 1 is 1.04 bits per heavy atom. The van der Waals surface area contributed by atoms with E-state index in [1.54, 1.807) is 13.8 Å². The second-order valence-corrected chi connectivity index (χ2v) is 5.73. The molecular weight excluding hydrogens is 324 g/mol. The first-order chi connectivity index (χ1) is 10.6. The van der Waals surface area contributed by atoms with Gasteiger partial charge in [-0.3, -0.25) is 19.2 Å². The number of hydrogen-bond donors (Lipinski definition) is 6. The summed E-state index contributed by atoms with van der Waals surface area (Å²) in [4.78, 5) is 46.1. The highest BCUT2D eigenvalue weighted by Crippen LogP contribution is 2.02. The Morgan fingerprint density at radius 2 is 1.61 bits per heavy atom. The lowest BCUT2D eigenvalue weighted by Crippen LogP contribution is -2.56. The zero-order chi connectivity index (χ0) is 18.2. The number of amides is 3. The van der Waals surface area contributed by atoms with Crippen LogP contribution in [-0.2, 0) is 19.2 Å². The topological polar surface area (TPSA) is 151 Å².